The van der Waals surface area contributed by atoms with Gasteiger partial charge in [0.15, 0.2) is 0 Å². The highest BCUT2D eigenvalue weighted by atomic mass is 35.5. The number of carbonyl (C=O) groups is 1. The van der Waals surface area contributed by atoms with Gasteiger partial charge >= 0.3 is 0 Å². The maximum atomic E-state index is 12.2. The number of nitrogens with zero attached hydrogens (tertiary/aromatic N) is 1. The fourth-order valence-electron chi connectivity index (χ4n) is 3.82. The SMILES string of the molecule is CCl.O=C(Nc1ccccc1)C(O)CN1CCC2=C(Cc3ccc(Cl)cc32)C1. The fraction of sp³-hybridized carbons (Fsp3) is 0.318. The first kappa shape index (κ1) is 20.9. The highest BCUT2D eigenvalue weighted by Crippen LogP contribution is 2.39. The Hall–Kier alpha value is -1.85. The van der Waals surface area contributed by atoms with E-state index >= 15 is 0 Å². The molecule has 0 spiro atoms. The van der Waals surface area contributed by atoms with Gasteiger partial charge < -0.3 is 10.4 Å². The Morgan fingerprint density at radius 2 is 1.96 bits per heavy atom. The Balaban J connectivity index is 0.00000109. The van der Waals surface area contributed by atoms with Crippen LogP contribution < -0.4 is 5.32 Å². The number of benzene rings is 2. The topological polar surface area (TPSA) is 52.6 Å². The highest BCUT2D eigenvalue weighted by molar-refractivity contribution is 6.30. The van der Waals surface area contributed by atoms with E-state index in [1.807, 2.05) is 36.4 Å². The van der Waals surface area contributed by atoms with Crippen molar-refractivity contribution in [2.75, 3.05) is 31.3 Å². The van der Waals surface area contributed by atoms with E-state index in [1.165, 1.54) is 28.7 Å². The molecule has 1 amide bonds. The lowest BCUT2D eigenvalue weighted by Crippen LogP contribution is -2.42. The van der Waals surface area contributed by atoms with Gasteiger partial charge in [-0.25, -0.2) is 0 Å². The maximum Gasteiger partial charge on any atom is 0.254 e. The van der Waals surface area contributed by atoms with Gasteiger partial charge in [-0.3, -0.25) is 9.69 Å². The number of hydrogen-bond donors (Lipinski definition) is 2. The zero-order valence-electron chi connectivity index (χ0n) is 15.8. The number of nitrogens with one attached hydrogen (secondary N) is 1. The lowest BCUT2D eigenvalue weighted by molar-refractivity contribution is -0.124. The highest BCUT2D eigenvalue weighted by Gasteiger charge is 2.29. The quantitative estimate of drug-likeness (QED) is 0.731. The smallest absolute Gasteiger partial charge is 0.254 e. The number of fused-ring (bicyclic) bond motifs is 2. The predicted molar refractivity (Wildman–Crippen MR) is 116 cm³/mol. The number of β-amino-alcohol motifs (C(OH)–C–C–N with tert-alkyl or cyclic N) is 1. The lowest BCUT2D eigenvalue weighted by Gasteiger charge is -2.30. The van der Waals surface area contributed by atoms with Gasteiger partial charge in [0.05, 0.1) is 0 Å². The second-order valence-electron chi connectivity index (χ2n) is 6.92. The van der Waals surface area contributed by atoms with E-state index in [4.69, 9.17) is 11.6 Å². The molecule has 1 aliphatic heterocycles. The third-order valence-electron chi connectivity index (χ3n) is 5.10. The third kappa shape index (κ3) is 4.76. The molecule has 1 heterocycles. The van der Waals surface area contributed by atoms with Crippen LogP contribution in [0, 0.1) is 0 Å². The Bertz CT molecular complexity index is 868. The molecule has 28 heavy (non-hydrogen) atoms. The molecule has 0 bridgehead atoms. The summed E-state index contributed by atoms with van der Waals surface area (Å²) in [4.78, 5) is 14.4. The summed E-state index contributed by atoms with van der Waals surface area (Å²) in [7, 11) is 0. The van der Waals surface area contributed by atoms with Crippen molar-refractivity contribution in [2.24, 2.45) is 0 Å². The van der Waals surface area contributed by atoms with Crippen LogP contribution in [-0.4, -0.2) is 48.0 Å². The molecule has 148 valence electrons. The van der Waals surface area contributed by atoms with Crippen LogP contribution in [-0.2, 0) is 11.2 Å². The van der Waals surface area contributed by atoms with Gasteiger partial charge in [0, 0.05) is 36.7 Å². The van der Waals surface area contributed by atoms with E-state index in [2.05, 4.69) is 34.0 Å². The van der Waals surface area contributed by atoms with Crippen LogP contribution in [0.15, 0.2) is 54.1 Å². The zero-order valence-corrected chi connectivity index (χ0v) is 17.3. The average molecular weight is 419 g/mol. The van der Waals surface area contributed by atoms with E-state index in [-0.39, 0.29) is 5.91 Å². The number of rotatable bonds is 4. The molecule has 0 saturated heterocycles. The van der Waals surface area contributed by atoms with Gasteiger partial charge in [0.25, 0.3) is 5.91 Å². The molecule has 2 aliphatic rings. The van der Waals surface area contributed by atoms with Crippen molar-refractivity contribution in [3.63, 3.8) is 0 Å². The normalized spacial score (nSPS) is 16.6. The van der Waals surface area contributed by atoms with Gasteiger partial charge in [0.1, 0.15) is 6.10 Å². The molecule has 0 radical (unpaired) electrons. The molecule has 2 aromatic rings. The first-order valence-corrected chi connectivity index (χ1v) is 10.4. The molecule has 2 aromatic carbocycles. The number of carbonyl (C=O) groups excluding carboxylic acids is 1. The van der Waals surface area contributed by atoms with Gasteiger partial charge in [-0.05, 0) is 59.4 Å². The van der Waals surface area contributed by atoms with Crippen molar-refractivity contribution in [3.05, 3.63) is 70.3 Å². The standard InChI is InChI=1S/C21H21ClN2O2.CH3Cl/c22-16-7-6-14-10-15-12-24(9-8-18(15)19(14)11-16)13-20(25)21(26)23-17-4-2-1-3-5-17;1-2/h1-7,11,20,25H,8-10,12-13H2,(H,23,26);1H3. The Morgan fingerprint density at radius 3 is 2.71 bits per heavy atom. The summed E-state index contributed by atoms with van der Waals surface area (Å²) in [6.45, 7) is 1.96. The van der Waals surface area contributed by atoms with Crippen LogP contribution >= 0.6 is 23.2 Å². The molecule has 4 rings (SSSR count). The van der Waals surface area contributed by atoms with E-state index < -0.39 is 6.10 Å². The minimum absolute atomic E-state index is 0.340. The molecule has 0 aromatic heterocycles. The number of hydrogen-bond acceptors (Lipinski definition) is 3. The summed E-state index contributed by atoms with van der Waals surface area (Å²) >= 11 is 10.8. The minimum Gasteiger partial charge on any atom is -0.382 e. The molecule has 2 N–H and O–H groups in total. The second kappa shape index (κ2) is 9.57. The van der Waals surface area contributed by atoms with E-state index in [1.54, 1.807) is 0 Å². The molecule has 0 saturated carbocycles. The Labute approximate surface area is 175 Å². The monoisotopic (exact) mass is 418 g/mol. The van der Waals surface area contributed by atoms with Crippen molar-refractivity contribution < 1.29 is 9.90 Å². The van der Waals surface area contributed by atoms with E-state index in [9.17, 15) is 9.90 Å². The Kier molecular flexibility index (Phi) is 7.13. The number of para-hydroxylation sites is 1. The van der Waals surface area contributed by atoms with Crippen molar-refractivity contribution >= 4 is 40.4 Å². The summed E-state index contributed by atoms with van der Waals surface area (Å²) in [6, 6.07) is 15.3. The number of amides is 1. The predicted octanol–water partition coefficient (Wildman–Crippen LogP) is 4.21. The molecule has 1 atom stereocenters. The van der Waals surface area contributed by atoms with Crippen LogP contribution in [0.1, 0.15) is 17.5 Å². The van der Waals surface area contributed by atoms with Gasteiger partial charge in [-0.15, -0.1) is 11.6 Å². The first-order valence-electron chi connectivity index (χ1n) is 9.24. The molecule has 1 aliphatic carbocycles. The minimum atomic E-state index is -1.05. The summed E-state index contributed by atoms with van der Waals surface area (Å²) in [5, 5.41) is 13.8. The second-order valence-corrected chi connectivity index (χ2v) is 7.35. The first-order chi connectivity index (χ1) is 13.6. The molecule has 0 fully saturated rings. The molecular weight excluding hydrogens is 395 g/mol. The molecule has 6 heteroatoms. The van der Waals surface area contributed by atoms with Gasteiger partial charge in [0.2, 0.25) is 0 Å². The summed E-state index contributed by atoms with van der Waals surface area (Å²) in [5.74, 6) is -0.363. The van der Waals surface area contributed by atoms with E-state index in [0.29, 0.717) is 12.2 Å². The fourth-order valence-corrected chi connectivity index (χ4v) is 3.99. The van der Waals surface area contributed by atoms with Crippen LogP contribution in [0.2, 0.25) is 5.02 Å². The number of alkyl halides is 1. The summed E-state index contributed by atoms with van der Waals surface area (Å²) < 4.78 is 0. The van der Waals surface area contributed by atoms with Crippen LogP contribution in [0.5, 0.6) is 0 Å². The average Bonchev–Trinajstić information content (AvgIpc) is 3.07. The van der Waals surface area contributed by atoms with Crippen LogP contribution in [0.3, 0.4) is 0 Å². The molecular formula is C22H24Cl2N2O2. The zero-order chi connectivity index (χ0) is 20.1. The summed E-state index contributed by atoms with van der Waals surface area (Å²) in [5.41, 5.74) is 6.06. The van der Waals surface area contributed by atoms with Crippen LogP contribution in [0.4, 0.5) is 5.69 Å². The van der Waals surface area contributed by atoms with Crippen molar-refractivity contribution in [3.8, 4) is 0 Å². The molecule has 4 nitrogen and oxygen atoms in total. The van der Waals surface area contributed by atoms with Gasteiger partial charge in [-0.1, -0.05) is 35.9 Å². The Morgan fingerprint density at radius 1 is 1.21 bits per heavy atom. The third-order valence-corrected chi connectivity index (χ3v) is 5.33. The number of aliphatic hydroxyl groups is 1. The largest absolute Gasteiger partial charge is 0.382 e. The van der Waals surface area contributed by atoms with Crippen molar-refractivity contribution in [1.82, 2.24) is 4.90 Å². The lowest BCUT2D eigenvalue weighted by atomic mass is 9.99. The van der Waals surface area contributed by atoms with Gasteiger partial charge in [-0.2, -0.15) is 0 Å². The number of aliphatic hydroxyl groups excluding tert-OH is 1. The van der Waals surface area contributed by atoms with Crippen molar-refractivity contribution in [1.29, 1.82) is 0 Å². The summed E-state index contributed by atoms with van der Waals surface area (Å²) in [6.07, 6.45) is 2.29. The van der Waals surface area contributed by atoms with Crippen LogP contribution in [0.25, 0.3) is 5.57 Å². The van der Waals surface area contributed by atoms with Crippen molar-refractivity contribution in [2.45, 2.75) is 18.9 Å². The van der Waals surface area contributed by atoms with E-state index in [0.717, 1.165) is 31.0 Å². The maximum absolute atomic E-state index is 12.2. The number of halogens is 2. The molecule has 1 unspecified atom stereocenters. The number of anilines is 1.